The van der Waals surface area contributed by atoms with Gasteiger partial charge in [0.1, 0.15) is 0 Å². The Labute approximate surface area is 106 Å². The van der Waals surface area contributed by atoms with Crippen molar-refractivity contribution in [2.75, 3.05) is 19.6 Å². The van der Waals surface area contributed by atoms with Crippen LogP contribution in [0.15, 0.2) is 0 Å². The molecule has 0 spiro atoms. The van der Waals surface area contributed by atoms with Crippen LogP contribution in [0.2, 0.25) is 0 Å². The molecule has 0 aromatic carbocycles. The van der Waals surface area contributed by atoms with Crippen LogP contribution in [0.5, 0.6) is 0 Å². The second kappa shape index (κ2) is 5.14. The molecule has 2 N–H and O–H groups in total. The highest BCUT2D eigenvalue weighted by atomic mass is 16.4. The molecule has 0 aromatic rings. The summed E-state index contributed by atoms with van der Waals surface area (Å²) >= 11 is 0. The highest BCUT2D eigenvalue weighted by Crippen LogP contribution is 2.26. The lowest BCUT2D eigenvalue weighted by atomic mass is 10.0. The standard InChI is InChI=1S/C12H20N2O4/c1-8-10(11(16)17)4-7-14(8)12(18)13-5-2-9(15)3-6-13/h8-10,15H,2-7H2,1H3,(H,16,17). The first kappa shape index (κ1) is 13.1. The quantitative estimate of drug-likeness (QED) is 0.709. The number of nitrogens with zero attached hydrogens (tertiary/aromatic N) is 2. The number of hydrogen-bond acceptors (Lipinski definition) is 3. The second-order valence-electron chi connectivity index (χ2n) is 5.17. The molecule has 6 heteroatoms. The molecule has 0 aliphatic carbocycles. The van der Waals surface area contributed by atoms with Crippen LogP contribution in [0.3, 0.4) is 0 Å². The average molecular weight is 256 g/mol. The first-order valence-electron chi connectivity index (χ1n) is 6.47. The van der Waals surface area contributed by atoms with E-state index in [1.54, 1.807) is 16.7 Å². The molecule has 0 bridgehead atoms. The number of amides is 2. The Morgan fingerprint density at radius 2 is 1.72 bits per heavy atom. The lowest BCUT2D eigenvalue weighted by Gasteiger charge is -2.34. The first-order chi connectivity index (χ1) is 8.50. The van der Waals surface area contributed by atoms with Crippen molar-refractivity contribution in [2.24, 2.45) is 5.92 Å². The summed E-state index contributed by atoms with van der Waals surface area (Å²) in [5.41, 5.74) is 0. The van der Waals surface area contributed by atoms with Crippen molar-refractivity contribution in [2.45, 2.75) is 38.3 Å². The fraction of sp³-hybridized carbons (Fsp3) is 0.833. The lowest BCUT2D eigenvalue weighted by molar-refractivity contribution is -0.142. The molecule has 2 fully saturated rings. The molecule has 2 saturated heterocycles. The van der Waals surface area contributed by atoms with E-state index < -0.39 is 11.9 Å². The summed E-state index contributed by atoms with van der Waals surface area (Å²) in [4.78, 5) is 26.6. The zero-order chi connectivity index (χ0) is 13.3. The fourth-order valence-corrected chi connectivity index (χ4v) is 2.78. The highest BCUT2D eigenvalue weighted by molar-refractivity contribution is 5.78. The topological polar surface area (TPSA) is 81.1 Å². The summed E-state index contributed by atoms with van der Waals surface area (Å²) < 4.78 is 0. The number of likely N-dealkylation sites (tertiary alicyclic amines) is 2. The van der Waals surface area contributed by atoms with Crippen LogP contribution >= 0.6 is 0 Å². The van der Waals surface area contributed by atoms with E-state index in [2.05, 4.69) is 0 Å². The van der Waals surface area contributed by atoms with Crippen LogP contribution in [-0.4, -0.2) is 63.8 Å². The van der Waals surface area contributed by atoms with Crippen LogP contribution < -0.4 is 0 Å². The molecule has 2 amide bonds. The van der Waals surface area contributed by atoms with Gasteiger partial charge in [0, 0.05) is 25.7 Å². The number of carbonyl (C=O) groups excluding carboxylic acids is 1. The number of rotatable bonds is 1. The molecule has 2 rings (SSSR count). The van der Waals surface area contributed by atoms with Gasteiger partial charge in [-0.1, -0.05) is 0 Å². The Morgan fingerprint density at radius 3 is 2.22 bits per heavy atom. The zero-order valence-electron chi connectivity index (χ0n) is 10.6. The Bertz CT molecular complexity index is 339. The third-order valence-electron chi connectivity index (χ3n) is 4.05. The van der Waals surface area contributed by atoms with Gasteiger partial charge in [-0.25, -0.2) is 4.79 Å². The summed E-state index contributed by atoms with van der Waals surface area (Å²) in [6.45, 7) is 3.42. The monoisotopic (exact) mass is 256 g/mol. The van der Waals surface area contributed by atoms with E-state index in [-0.39, 0.29) is 18.2 Å². The summed E-state index contributed by atoms with van der Waals surface area (Å²) in [7, 11) is 0. The van der Waals surface area contributed by atoms with E-state index in [9.17, 15) is 14.7 Å². The minimum Gasteiger partial charge on any atom is -0.481 e. The third-order valence-corrected chi connectivity index (χ3v) is 4.05. The Kier molecular flexibility index (Phi) is 3.75. The molecule has 18 heavy (non-hydrogen) atoms. The van der Waals surface area contributed by atoms with Crippen molar-refractivity contribution in [3.8, 4) is 0 Å². The number of piperidine rings is 1. The molecule has 102 valence electrons. The largest absolute Gasteiger partial charge is 0.481 e. The van der Waals surface area contributed by atoms with Crippen molar-refractivity contribution in [1.29, 1.82) is 0 Å². The Morgan fingerprint density at radius 1 is 1.11 bits per heavy atom. The van der Waals surface area contributed by atoms with Crippen LogP contribution in [0.25, 0.3) is 0 Å². The van der Waals surface area contributed by atoms with Crippen LogP contribution in [-0.2, 0) is 4.79 Å². The maximum atomic E-state index is 12.3. The second-order valence-corrected chi connectivity index (χ2v) is 5.17. The molecule has 2 atom stereocenters. The van der Waals surface area contributed by atoms with Gasteiger partial charge in [-0.05, 0) is 26.2 Å². The van der Waals surface area contributed by atoms with Crippen molar-refractivity contribution >= 4 is 12.0 Å². The van der Waals surface area contributed by atoms with Crippen molar-refractivity contribution < 1.29 is 19.8 Å². The molecule has 0 aromatic heterocycles. The molecule has 0 radical (unpaired) electrons. The SMILES string of the molecule is CC1C(C(=O)O)CCN1C(=O)N1CCC(O)CC1. The van der Waals surface area contributed by atoms with Gasteiger partial charge in [0.05, 0.1) is 12.0 Å². The average Bonchev–Trinajstić information content (AvgIpc) is 2.71. The number of hydrogen-bond donors (Lipinski definition) is 2. The van der Waals surface area contributed by atoms with Gasteiger partial charge in [-0.15, -0.1) is 0 Å². The van der Waals surface area contributed by atoms with Gasteiger partial charge in [0.15, 0.2) is 0 Å². The summed E-state index contributed by atoms with van der Waals surface area (Å²) in [5, 5.41) is 18.5. The number of carboxylic acid groups (broad SMARTS) is 1. The molecule has 2 aliphatic rings. The minimum absolute atomic E-state index is 0.0850. The Balaban J connectivity index is 1.96. The van der Waals surface area contributed by atoms with Crippen LogP contribution in [0, 0.1) is 5.92 Å². The number of aliphatic hydroxyl groups is 1. The van der Waals surface area contributed by atoms with Crippen molar-refractivity contribution in [3.05, 3.63) is 0 Å². The number of urea groups is 1. The first-order valence-corrected chi connectivity index (χ1v) is 6.47. The maximum Gasteiger partial charge on any atom is 0.320 e. The van der Waals surface area contributed by atoms with E-state index in [4.69, 9.17) is 5.11 Å². The van der Waals surface area contributed by atoms with Gasteiger partial charge in [0.2, 0.25) is 0 Å². The van der Waals surface area contributed by atoms with Crippen molar-refractivity contribution in [1.82, 2.24) is 9.80 Å². The molecular formula is C12H20N2O4. The van der Waals surface area contributed by atoms with Gasteiger partial charge >= 0.3 is 12.0 Å². The van der Waals surface area contributed by atoms with E-state index in [1.165, 1.54) is 0 Å². The lowest BCUT2D eigenvalue weighted by Crippen LogP contribution is -2.49. The number of carboxylic acids is 1. The van der Waals surface area contributed by atoms with Gasteiger partial charge < -0.3 is 20.0 Å². The van der Waals surface area contributed by atoms with E-state index >= 15 is 0 Å². The minimum atomic E-state index is -0.827. The molecule has 2 unspecified atom stereocenters. The molecule has 0 saturated carbocycles. The van der Waals surface area contributed by atoms with E-state index in [0.717, 1.165) is 0 Å². The molecule has 2 aliphatic heterocycles. The zero-order valence-corrected chi connectivity index (χ0v) is 10.6. The highest BCUT2D eigenvalue weighted by Gasteiger charge is 2.40. The van der Waals surface area contributed by atoms with Crippen molar-refractivity contribution in [3.63, 3.8) is 0 Å². The Hall–Kier alpha value is -1.30. The number of carbonyl (C=O) groups is 2. The van der Waals surface area contributed by atoms with Gasteiger partial charge in [-0.3, -0.25) is 4.79 Å². The fourth-order valence-electron chi connectivity index (χ4n) is 2.78. The summed E-state index contributed by atoms with van der Waals surface area (Å²) in [6.07, 6.45) is 1.43. The third kappa shape index (κ3) is 2.43. The predicted octanol–water partition coefficient (Wildman–Crippen LogP) is 0.358. The summed E-state index contributed by atoms with van der Waals surface area (Å²) in [5.74, 6) is -1.28. The van der Waals surface area contributed by atoms with Crippen LogP contribution in [0.1, 0.15) is 26.2 Å². The smallest absolute Gasteiger partial charge is 0.320 e. The van der Waals surface area contributed by atoms with E-state index in [0.29, 0.717) is 38.9 Å². The van der Waals surface area contributed by atoms with Crippen LogP contribution in [0.4, 0.5) is 4.79 Å². The molecular weight excluding hydrogens is 236 g/mol. The summed E-state index contributed by atoms with van der Waals surface area (Å²) in [6, 6.07) is -0.333. The normalized spacial score (nSPS) is 29.7. The van der Waals surface area contributed by atoms with E-state index in [1.807, 2.05) is 0 Å². The number of aliphatic carboxylic acids is 1. The van der Waals surface area contributed by atoms with Gasteiger partial charge in [-0.2, -0.15) is 0 Å². The number of aliphatic hydroxyl groups excluding tert-OH is 1. The molecule has 6 nitrogen and oxygen atoms in total. The maximum absolute atomic E-state index is 12.3. The van der Waals surface area contributed by atoms with Gasteiger partial charge in [0.25, 0.3) is 0 Å². The predicted molar refractivity (Wildman–Crippen MR) is 64.1 cm³/mol. The molecule has 2 heterocycles.